The number of aryl methyl sites for hydroxylation is 1. The van der Waals surface area contributed by atoms with Crippen molar-refractivity contribution in [2.45, 2.75) is 6.92 Å². The molecule has 68 valence electrons. The van der Waals surface area contributed by atoms with Gasteiger partial charge in [0.05, 0.1) is 22.4 Å². The summed E-state index contributed by atoms with van der Waals surface area (Å²) in [5, 5.41) is 2.33. The lowest BCUT2D eigenvalue weighted by Crippen LogP contribution is -1.85. The number of benzene rings is 1. The van der Waals surface area contributed by atoms with Crippen LogP contribution in [0.1, 0.15) is 5.56 Å². The van der Waals surface area contributed by atoms with Gasteiger partial charge in [-0.05, 0) is 46.7 Å². The molecule has 0 unspecified atom stereocenters. The maximum Gasteiger partial charge on any atom is 0.135 e. The number of rotatable bonds is 2. The Morgan fingerprint density at radius 1 is 1.54 bits per heavy atom. The Balaban J connectivity index is 3.29. The van der Waals surface area contributed by atoms with Gasteiger partial charge in [-0.3, -0.25) is 0 Å². The van der Waals surface area contributed by atoms with E-state index in [-0.39, 0.29) is 0 Å². The number of isothiocyanates is 1. The minimum atomic E-state index is 0.745. The van der Waals surface area contributed by atoms with Gasteiger partial charge in [-0.2, -0.15) is 4.99 Å². The van der Waals surface area contributed by atoms with Crippen LogP contribution in [0.2, 0.25) is 0 Å². The largest absolute Gasteiger partial charge is 0.495 e. The molecule has 0 aliphatic heterocycles. The van der Waals surface area contributed by atoms with Gasteiger partial charge < -0.3 is 4.74 Å². The van der Waals surface area contributed by atoms with Gasteiger partial charge in [-0.15, -0.1) is 0 Å². The van der Waals surface area contributed by atoms with Crippen LogP contribution in [0.15, 0.2) is 21.6 Å². The summed E-state index contributed by atoms with van der Waals surface area (Å²) in [6, 6.07) is 3.75. The predicted octanol–water partition coefficient (Wildman–Crippen LogP) is 3.50. The quantitative estimate of drug-likeness (QED) is 0.598. The summed E-state index contributed by atoms with van der Waals surface area (Å²) in [6.07, 6.45) is 0. The van der Waals surface area contributed by atoms with Gasteiger partial charge >= 0.3 is 0 Å². The Hall–Kier alpha value is -0.700. The van der Waals surface area contributed by atoms with Crippen LogP contribution in [0.3, 0.4) is 0 Å². The van der Waals surface area contributed by atoms with E-state index < -0.39 is 0 Å². The fourth-order valence-electron chi connectivity index (χ4n) is 0.968. The standard InChI is InChI=1S/C9H8BrNOS/c1-6-3-7(10)9(12-2)4-8(6)11-5-13/h3-4H,1-2H3. The van der Waals surface area contributed by atoms with Crippen molar-refractivity contribution >= 4 is 39.0 Å². The smallest absolute Gasteiger partial charge is 0.135 e. The number of nitrogens with zero attached hydrogens (tertiary/aromatic N) is 1. The molecule has 0 N–H and O–H groups in total. The summed E-state index contributed by atoms with van der Waals surface area (Å²) in [5.74, 6) is 0.745. The molecule has 0 aliphatic rings. The first-order chi connectivity index (χ1) is 6.19. The summed E-state index contributed by atoms with van der Waals surface area (Å²) < 4.78 is 6.03. The van der Waals surface area contributed by atoms with Crippen LogP contribution < -0.4 is 4.74 Å². The van der Waals surface area contributed by atoms with Crippen molar-refractivity contribution in [3.05, 3.63) is 22.2 Å². The first kappa shape index (κ1) is 10.4. The molecule has 0 atom stereocenters. The molecular formula is C9H8BrNOS. The highest BCUT2D eigenvalue weighted by atomic mass is 79.9. The summed E-state index contributed by atoms with van der Waals surface area (Å²) >= 11 is 7.92. The van der Waals surface area contributed by atoms with Gasteiger partial charge in [0, 0.05) is 6.07 Å². The normalized spacial score (nSPS) is 9.15. The van der Waals surface area contributed by atoms with Gasteiger partial charge in [-0.25, -0.2) is 0 Å². The molecule has 0 amide bonds. The molecule has 1 rings (SSSR count). The molecule has 0 saturated heterocycles. The Labute approximate surface area is 90.8 Å². The van der Waals surface area contributed by atoms with Crippen molar-refractivity contribution in [1.82, 2.24) is 0 Å². The number of methoxy groups -OCH3 is 1. The highest BCUT2D eigenvalue weighted by molar-refractivity contribution is 9.10. The highest BCUT2D eigenvalue weighted by Gasteiger charge is 2.04. The van der Waals surface area contributed by atoms with Crippen molar-refractivity contribution < 1.29 is 4.74 Å². The van der Waals surface area contributed by atoms with E-state index in [0.29, 0.717) is 0 Å². The molecule has 0 aliphatic carbocycles. The Kier molecular flexibility index (Phi) is 3.60. The second kappa shape index (κ2) is 4.51. The summed E-state index contributed by atoms with van der Waals surface area (Å²) in [5.41, 5.74) is 1.82. The lowest BCUT2D eigenvalue weighted by Gasteiger charge is -2.05. The molecule has 4 heteroatoms. The van der Waals surface area contributed by atoms with E-state index >= 15 is 0 Å². The molecule has 0 bridgehead atoms. The number of aliphatic imine (C=N–C) groups is 1. The average Bonchev–Trinajstić information content (AvgIpc) is 2.10. The molecule has 0 spiro atoms. The van der Waals surface area contributed by atoms with Crippen molar-refractivity contribution in [3.8, 4) is 5.75 Å². The number of thiocarbonyl (C=S) groups is 1. The van der Waals surface area contributed by atoms with Gasteiger partial charge in [0.1, 0.15) is 5.75 Å². The third kappa shape index (κ3) is 2.37. The molecule has 0 heterocycles. The number of hydrogen-bond acceptors (Lipinski definition) is 3. The van der Waals surface area contributed by atoms with Crippen LogP contribution in [-0.2, 0) is 0 Å². The lowest BCUT2D eigenvalue weighted by molar-refractivity contribution is 0.412. The van der Waals surface area contributed by atoms with E-state index in [0.717, 1.165) is 21.5 Å². The third-order valence-electron chi connectivity index (χ3n) is 1.64. The monoisotopic (exact) mass is 257 g/mol. The van der Waals surface area contributed by atoms with E-state index in [2.05, 4.69) is 38.3 Å². The molecule has 13 heavy (non-hydrogen) atoms. The molecule has 1 aromatic rings. The molecule has 0 fully saturated rings. The van der Waals surface area contributed by atoms with Crippen LogP contribution in [0, 0.1) is 6.92 Å². The minimum Gasteiger partial charge on any atom is -0.495 e. The van der Waals surface area contributed by atoms with Crippen LogP contribution in [0.25, 0.3) is 0 Å². The Bertz CT molecular complexity index is 372. The van der Waals surface area contributed by atoms with Gasteiger partial charge in [-0.1, -0.05) is 0 Å². The van der Waals surface area contributed by atoms with Crippen LogP contribution in [0.4, 0.5) is 5.69 Å². The topological polar surface area (TPSA) is 21.6 Å². The van der Waals surface area contributed by atoms with Crippen LogP contribution in [0.5, 0.6) is 5.75 Å². The lowest BCUT2D eigenvalue weighted by atomic mass is 10.2. The van der Waals surface area contributed by atoms with Crippen LogP contribution >= 0.6 is 28.1 Å². The Morgan fingerprint density at radius 2 is 2.23 bits per heavy atom. The van der Waals surface area contributed by atoms with E-state index in [1.807, 2.05) is 19.1 Å². The van der Waals surface area contributed by atoms with Gasteiger partial charge in [0.2, 0.25) is 0 Å². The molecular weight excluding hydrogens is 250 g/mol. The van der Waals surface area contributed by atoms with Crippen molar-refractivity contribution in [1.29, 1.82) is 0 Å². The second-order valence-electron chi connectivity index (χ2n) is 2.48. The van der Waals surface area contributed by atoms with E-state index in [1.54, 1.807) is 7.11 Å². The van der Waals surface area contributed by atoms with Gasteiger partial charge in [0.25, 0.3) is 0 Å². The highest BCUT2D eigenvalue weighted by Crippen LogP contribution is 2.32. The third-order valence-corrected chi connectivity index (χ3v) is 2.35. The second-order valence-corrected chi connectivity index (χ2v) is 3.51. The van der Waals surface area contributed by atoms with Gasteiger partial charge in [0.15, 0.2) is 0 Å². The first-order valence-electron chi connectivity index (χ1n) is 3.61. The number of halogens is 1. The first-order valence-corrected chi connectivity index (χ1v) is 4.81. The SMILES string of the molecule is COc1cc(N=C=S)c(C)cc1Br. The average molecular weight is 258 g/mol. The zero-order valence-electron chi connectivity index (χ0n) is 7.30. The minimum absolute atomic E-state index is 0.745. The van der Waals surface area contributed by atoms with Crippen LogP contribution in [-0.4, -0.2) is 12.3 Å². The van der Waals surface area contributed by atoms with E-state index in [1.165, 1.54) is 0 Å². The number of hydrogen-bond donors (Lipinski definition) is 0. The van der Waals surface area contributed by atoms with E-state index in [4.69, 9.17) is 4.74 Å². The zero-order valence-corrected chi connectivity index (χ0v) is 9.70. The molecule has 0 saturated carbocycles. The summed E-state index contributed by atoms with van der Waals surface area (Å²) in [7, 11) is 1.61. The molecule has 2 nitrogen and oxygen atoms in total. The van der Waals surface area contributed by atoms with Crippen molar-refractivity contribution in [3.63, 3.8) is 0 Å². The predicted molar refractivity (Wildman–Crippen MR) is 60.1 cm³/mol. The summed E-state index contributed by atoms with van der Waals surface area (Å²) in [4.78, 5) is 3.92. The molecule has 0 radical (unpaired) electrons. The maximum atomic E-state index is 5.12. The summed E-state index contributed by atoms with van der Waals surface area (Å²) in [6.45, 7) is 1.95. The van der Waals surface area contributed by atoms with Crippen molar-refractivity contribution in [2.24, 2.45) is 4.99 Å². The fraction of sp³-hybridized carbons (Fsp3) is 0.222. The molecule has 1 aromatic carbocycles. The maximum absolute atomic E-state index is 5.12. The fourth-order valence-corrected chi connectivity index (χ4v) is 1.69. The number of ether oxygens (including phenoxy) is 1. The van der Waals surface area contributed by atoms with Crippen molar-refractivity contribution in [2.75, 3.05) is 7.11 Å². The zero-order chi connectivity index (χ0) is 9.84. The molecule has 0 aromatic heterocycles. The van der Waals surface area contributed by atoms with E-state index in [9.17, 15) is 0 Å². The Morgan fingerprint density at radius 3 is 2.77 bits per heavy atom.